The van der Waals surface area contributed by atoms with E-state index in [2.05, 4.69) is 0 Å². The van der Waals surface area contributed by atoms with Crippen molar-refractivity contribution in [2.24, 2.45) is 0 Å². The van der Waals surface area contributed by atoms with Gasteiger partial charge in [-0.2, -0.15) is 0 Å². The van der Waals surface area contributed by atoms with Crippen molar-refractivity contribution in [1.29, 1.82) is 0 Å². The van der Waals surface area contributed by atoms with Crippen LogP contribution < -0.4 is 0 Å². The summed E-state index contributed by atoms with van der Waals surface area (Å²) in [6.07, 6.45) is -2.53. The number of aliphatic hydroxyl groups excluding tert-OH is 1. The van der Waals surface area contributed by atoms with Gasteiger partial charge in [-0.1, -0.05) is 0 Å². The van der Waals surface area contributed by atoms with Crippen LogP contribution in [0.1, 0.15) is 48.5 Å². The van der Waals surface area contributed by atoms with Crippen LogP contribution in [0, 0.1) is 0 Å². The van der Waals surface area contributed by atoms with E-state index in [1.54, 1.807) is 0 Å². The highest BCUT2D eigenvalue weighted by molar-refractivity contribution is 6.10. The summed E-state index contributed by atoms with van der Waals surface area (Å²) in [6.45, 7) is 4.84. The minimum absolute atomic E-state index is 0.607. The summed E-state index contributed by atoms with van der Waals surface area (Å²) in [5, 5.41) is 63.9. The Labute approximate surface area is 156 Å². The second-order valence-corrected chi connectivity index (χ2v) is 7.38. The van der Waals surface area contributed by atoms with Gasteiger partial charge in [0.05, 0.1) is 0 Å². The number of hydrogen-bond donors (Lipinski definition) is 6. The van der Waals surface area contributed by atoms with E-state index >= 15 is 0 Å². The fourth-order valence-corrected chi connectivity index (χ4v) is 3.23. The Hall–Kier alpha value is -1.56. The Bertz CT molecular complexity index is 647. The lowest BCUT2D eigenvalue weighted by molar-refractivity contribution is -0.310. The van der Waals surface area contributed by atoms with Gasteiger partial charge >= 0.3 is 0 Å². The first kappa shape index (κ1) is 25.4. The van der Waals surface area contributed by atoms with E-state index in [1.807, 2.05) is 0 Å². The number of Topliss-reactive ketones (excluding diaryl/α,β-unsaturated/α-hetero) is 4. The molecule has 0 aromatic heterocycles. The topological polar surface area (TPSA) is 190 Å². The molecule has 0 fully saturated rings. The van der Waals surface area contributed by atoms with Crippen molar-refractivity contribution in [2.45, 2.75) is 82.6 Å². The van der Waals surface area contributed by atoms with Crippen molar-refractivity contribution in [2.75, 3.05) is 0 Å². The minimum Gasteiger partial charge on any atom is -0.384 e. The number of ketones is 4. The largest absolute Gasteiger partial charge is 0.384 e. The third-order valence-corrected chi connectivity index (χ3v) is 5.68. The number of carbonyl (C=O) groups excluding carboxylic acids is 4. The predicted octanol–water partition coefficient (Wildman–Crippen LogP) is -2.58. The highest BCUT2D eigenvalue weighted by Crippen LogP contribution is 2.46. The normalized spacial score (nSPS) is 22.4. The molecular formula is C17H28O10. The Morgan fingerprint density at radius 2 is 0.963 bits per heavy atom. The maximum Gasteiger partial charge on any atom is 0.212 e. The zero-order valence-corrected chi connectivity index (χ0v) is 16.4. The van der Waals surface area contributed by atoms with Crippen LogP contribution in [0.3, 0.4) is 0 Å². The van der Waals surface area contributed by atoms with Crippen LogP contribution in [0.2, 0.25) is 0 Å². The molecule has 0 spiro atoms. The fourth-order valence-electron chi connectivity index (χ4n) is 3.23. The van der Waals surface area contributed by atoms with Crippen molar-refractivity contribution >= 4 is 23.1 Å². The van der Waals surface area contributed by atoms with Crippen LogP contribution in [0.5, 0.6) is 0 Å². The van der Waals surface area contributed by atoms with Crippen molar-refractivity contribution in [3.05, 3.63) is 0 Å². The SMILES string of the molecule is CC(=O)C(O)[C@@](O)(C(C)=O)[C@@](C)(O)[C@](C)(O)[C@@](C)(O)C(O)(C(C)=O)C(C)=O. The van der Waals surface area contributed by atoms with Crippen LogP contribution in [0.4, 0.5) is 0 Å². The molecular weight excluding hydrogens is 364 g/mol. The predicted molar refractivity (Wildman–Crippen MR) is 90.5 cm³/mol. The molecule has 10 heteroatoms. The number of hydrogen-bond acceptors (Lipinski definition) is 10. The summed E-state index contributed by atoms with van der Waals surface area (Å²) < 4.78 is 0. The first-order valence-corrected chi connectivity index (χ1v) is 8.02. The lowest BCUT2D eigenvalue weighted by atomic mass is 9.57. The Morgan fingerprint density at radius 3 is 1.19 bits per heavy atom. The highest BCUT2D eigenvalue weighted by Gasteiger charge is 2.73. The van der Waals surface area contributed by atoms with Crippen molar-refractivity contribution in [1.82, 2.24) is 0 Å². The van der Waals surface area contributed by atoms with Gasteiger partial charge in [-0.05, 0) is 48.5 Å². The average Bonchev–Trinajstić information content (AvgIpc) is 2.50. The van der Waals surface area contributed by atoms with Gasteiger partial charge in [0.2, 0.25) is 5.60 Å². The molecule has 0 heterocycles. The summed E-state index contributed by atoms with van der Waals surface area (Å²) in [5.41, 5.74) is -16.2. The standard InChI is InChI=1S/C17H28O10/c1-8(18)12(22)17(27,11(4)21)15(7,25)13(5,23)14(6,24)16(26,9(2)19)10(3)20/h12,22-27H,1-7H3/t12?,13-,14-,15+,17+/m1/s1. The molecule has 6 N–H and O–H groups in total. The van der Waals surface area contributed by atoms with E-state index in [1.165, 1.54) is 0 Å². The van der Waals surface area contributed by atoms with Gasteiger partial charge < -0.3 is 30.6 Å². The Kier molecular flexibility index (Phi) is 6.70. The second-order valence-electron chi connectivity index (χ2n) is 7.38. The molecule has 0 aliphatic rings. The molecule has 0 aromatic carbocycles. The molecule has 0 aliphatic carbocycles. The summed E-state index contributed by atoms with van der Waals surface area (Å²) >= 11 is 0. The van der Waals surface area contributed by atoms with Gasteiger partial charge in [0, 0.05) is 0 Å². The molecule has 1 unspecified atom stereocenters. The summed E-state index contributed by atoms with van der Waals surface area (Å²) in [7, 11) is 0. The van der Waals surface area contributed by atoms with Crippen molar-refractivity contribution in [3.8, 4) is 0 Å². The average molecular weight is 392 g/mol. The number of rotatable bonds is 9. The Morgan fingerprint density at radius 1 is 0.630 bits per heavy atom. The third kappa shape index (κ3) is 3.16. The van der Waals surface area contributed by atoms with Crippen molar-refractivity contribution < 1.29 is 49.8 Å². The first-order valence-electron chi connectivity index (χ1n) is 8.02. The molecule has 0 saturated carbocycles. The molecule has 156 valence electrons. The molecule has 27 heavy (non-hydrogen) atoms. The second kappa shape index (κ2) is 7.12. The zero-order chi connectivity index (χ0) is 22.4. The summed E-state index contributed by atoms with van der Waals surface area (Å²) in [4.78, 5) is 47.4. The van der Waals surface area contributed by atoms with Crippen LogP contribution in [-0.2, 0) is 19.2 Å². The first-order chi connectivity index (χ1) is 11.7. The van der Waals surface area contributed by atoms with E-state index in [0.29, 0.717) is 27.7 Å². The van der Waals surface area contributed by atoms with Gasteiger partial charge in [0.25, 0.3) is 0 Å². The number of carbonyl (C=O) groups is 4. The third-order valence-electron chi connectivity index (χ3n) is 5.68. The maximum absolute atomic E-state index is 12.0. The molecule has 0 radical (unpaired) electrons. The minimum atomic E-state index is -3.36. The summed E-state index contributed by atoms with van der Waals surface area (Å²) in [5.74, 6) is -5.11. The highest BCUT2D eigenvalue weighted by atomic mass is 16.4. The van der Waals surface area contributed by atoms with E-state index in [9.17, 15) is 49.8 Å². The Balaban J connectivity index is 6.94. The quantitative estimate of drug-likeness (QED) is 0.227. The summed E-state index contributed by atoms with van der Waals surface area (Å²) in [6, 6.07) is 0. The van der Waals surface area contributed by atoms with Gasteiger partial charge in [0.15, 0.2) is 34.8 Å². The molecule has 0 amide bonds. The molecule has 0 saturated heterocycles. The van der Waals surface area contributed by atoms with E-state index in [-0.39, 0.29) is 0 Å². The van der Waals surface area contributed by atoms with E-state index in [0.717, 1.165) is 20.8 Å². The van der Waals surface area contributed by atoms with Crippen LogP contribution in [0.15, 0.2) is 0 Å². The fraction of sp³-hybridized carbons (Fsp3) is 0.765. The smallest absolute Gasteiger partial charge is 0.212 e. The molecule has 0 aliphatic heterocycles. The van der Waals surface area contributed by atoms with Gasteiger partial charge in [-0.3, -0.25) is 19.2 Å². The molecule has 5 atom stereocenters. The van der Waals surface area contributed by atoms with Gasteiger partial charge in [-0.15, -0.1) is 0 Å². The van der Waals surface area contributed by atoms with E-state index in [4.69, 9.17) is 0 Å². The molecule has 10 nitrogen and oxygen atoms in total. The monoisotopic (exact) mass is 392 g/mol. The van der Waals surface area contributed by atoms with Crippen molar-refractivity contribution in [3.63, 3.8) is 0 Å². The lowest BCUT2D eigenvalue weighted by Crippen LogP contribution is -2.83. The van der Waals surface area contributed by atoms with Crippen LogP contribution in [0.25, 0.3) is 0 Å². The zero-order valence-electron chi connectivity index (χ0n) is 16.4. The lowest BCUT2D eigenvalue weighted by Gasteiger charge is -2.56. The van der Waals surface area contributed by atoms with Gasteiger partial charge in [-0.25, -0.2) is 0 Å². The molecule has 0 bridgehead atoms. The van der Waals surface area contributed by atoms with E-state index < -0.39 is 57.2 Å². The van der Waals surface area contributed by atoms with Crippen LogP contribution >= 0.6 is 0 Å². The number of aliphatic hydroxyl groups is 6. The van der Waals surface area contributed by atoms with Crippen LogP contribution in [-0.4, -0.2) is 87.9 Å². The van der Waals surface area contributed by atoms with Gasteiger partial charge in [0.1, 0.15) is 16.8 Å². The molecule has 0 rings (SSSR count). The molecule has 0 aromatic rings. The maximum atomic E-state index is 12.0.